The highest BCUT2D eigenvalue weighted by molar-refractivity contribution is 6.01. The van der Waals surface area contributed by atoms with E-state index in [1.54, 1.807) is 0 Å². The van der Waals surface area contributed by atoms with Gasteiger partial charge in [0.15, 0.2) is 0 Å². The Hall–Kier alpha value is -3.46. The Morgan fingerprint density at radius 1 is 0.778 bits per heavy atom. The van der Waals surface area contributed by atoms with Crippen LogP contribution in [0.2, 0.25) is 0 Å². The second-order valence-corrected chi connectivity index (χ2v) is 6.52. The molecule has 0 saturated heterocycles. The number of carbonyl (C=O) groups is 1. The zero-order valence-corrected chi connectivity index (χ0v) is 14.9. The predicted molar refractivity (Wildman–Crippen MR) is 111 cm³/mol. The topological polar surface area (TPSA) is 32.7 Å². The molecular formula is C24H20N2O. The van der Waals surface area contributed by atoms with Gasteiger partial charge in [0.1, 0.15) is 6.29 Å². The molecule has 1 aliphatic heterocycles. The van der Waals surface area contributed by atoms with Crippen molar-refractivity contribution in [2.24, 2.45) is 5.10 Å². The summed E-state index contributed by atoms with van der Waals surface area (Å²) < 4.78 is 0. The van der Waals surface area contributed by atoms with Crippen molar-refractivity contribution >= 4 is 23.8 Å². The summed E-state index contributed by atoms with van der Waals surface area (Å²) in [6.07, 6.45) is 5.88. The van der Waals surface area contributed by atoms with Crippen molar-refractivity contribution in [1.29, 1.82) is 0 Å². The summed E-state index contributed by atoms with van der Waals surface area (Å²) in [6, 6.07) is 28.4. The second-order valence-electron chi connectivity index (χ2n) is 6.52. The third-order valence-corrected chi connectivity index (χ3v) is 4.68. The largest absolute Gasteiger partial charge is 0.298 e. The summed E-state index contributed by atoms with van der Waals surface area (Å²) in [4.78, 5) is 10.9. The van der Waals surface area contributed by atoms with Crippen molar-refractivity contribution in [3.05, 3.63) is 108 Å². The maximum Gasteiger partial charge on any atom is 0.150 e. The van der Waals surface area contributed by atoms with E-state index in [4.69, 9.17) is 5.10 Å². The first-order valence-electron chi connectivity index (χ1n) is 9.03. The molecular weight excluding hydrogens is 332 g/mol. The number of benzene rings is 3. The van der Waals surface area contributed by atoms with Crippen molar-refractivity contribution in [3.8, 4) is 0 Å². The lowest BCUT2D eigenvalue weighted by atomic mass is 10.0. The lowest BCUT2D eigenvalue weighted by molar-refractivity contribution is 0.112. The van der Waals surface area contributed by atoms with Gasteiger partial charge in [-0.3, -0.25) is 9.80 Å². The molecule has 0 N–H and O–H groups in total. The molecule has 0 spiro atoms. The van der Waals surface area contributed by atoms with Crippen LogP contribution in [0.3, 0.4) is 0 Å². The highest BCUT2D eigenvalue weighted by Crippen LogP contribution is 2.35. The highest BCUT2D eigenvalue weighted by atomic mass is 16.1. The van der Waals surface area contributed by atoms with E-state index in [0.717, 1.165) is 29.7 Å². The van der Waals surface area contributed by atoms with Crippen LogP contribution >= 0.6 is 0 Å². The monoisotopic (exact) mass is 352 g/mol. The quantitative estimate of drug-likeness (QED) is 0.566. The molecule has 3 aromatic rings. The average Bonchev–Trinajstić information content (AvgIpc) is 3.18. The molecule has 0 amide bonds. The van der Waals surface area contributed by atoms with Gasteiger partial charge in [0, 0.05) is 12.0 Å². The minimum Gasteiger partial charge on any atom is -0.298 e. The van der Waals surface area contributed by atoms with E-state index in [1.165, 1.54) is 5.56 Å². The van der Waals surface area contributed by atoms with Crippen LogP contribution in [-0.2, 0) is 0 Å². The first-order chi connectivity index (χ1) is 13.3. The Morgan fingerprint density at radius 3 is 2.11 bits per heavy atom. The number of hydrogen-bond donors (Lipinski definition) is 0. The maximum atomic E-state index is 10.9. The van der Waals surface area contributed by atoms with E-state index >= 15 is 0 Å². The number of nitrogens with zero attached hydrogens (tertiary/aromatic N) is 2. The molecule has 3 aromatic carbocycles. The molecule has 0 saturated carbocycles. The summed E-state index contributed by atoms with van der Waals surface area (Å²) in [6.45, 7) is 0. The number of hydrazone groups is 1. The van der Waals surface area contributed by atoms with Gasteiger partial charge in [-0.2, -0.15) is 5.10 Å². The van der Waals surface area contributed by atoms with Crippen LogP contribution < -0.4 is 5.01 Å². The second kappa shape index (κ2) is 7.83. The normalized spacial score (nSPS) is 16.5. The SMILES string of the molecule is O=Cc1ccc(N2N=C(/C=C\c3ccccc3)C[C@H]2c2ccccc2)cc1. The van der Waals surface area contributed by atoms with Crippen LogP contribution in [0.15, 0.2) is 96.1 Å². The highest BCUT2D eigenvalue weighted by Gasteiger charge is 2.28. The van der Waals surface area contributed by atoms with Gasteiger partial charge in [0.2, 0.25) is 0 Å². The molecule has 0 radical (unpaired) electrons. The minimum atomic E-state index is 0.142. The molecule has 1 aliphatic rings. The van der Waals surface area contributed by atoms with Crippen molar-refractivity contribution in [2.45, 2.75) is 12.5 Å². The lowest BCUT2D eigenvalue weighted by Gasteiger charge is -2.24. The van der Waals surface area contributed by atoms with Crippen molar-refractivity contribution < 1.29 is 4.79 Å². The summed E-state index contributed by atoms with van der Waals surface area (Å²) in [7, 11) is 0. The Morgan fingerprint density at radius 2 is 1.44 bits per heavy atom. The summed E-state index contributed by atoms with van der Waals surface area (Å²) in [5, 5.41) is 6.91. The maximum absolute atomic E-state index is 10.9. The van der Waals surface area contributed by atoms with Crippen LogP contribution in [0.25, 0.3) is 6.08 Å². The molecule has 3 nitrogen and oxygen atoms in total. The van der Waals surface area contributed by atoms with E-state index in [-0.39, 0.29) is 6.04 Å². The van der Waals surface area contributed by atoms with Crippen molar-refractivity contribution in [2.75, 3.05) is 5.01 Å². The fraction of sp³-hybridized carbons (Fsp3) is 0.0833. The van der Waals surface area contributed by atoms with E-state index in [1.807, 2.05) is 48.5 Å². The number of anilines is 1. The zero-order valence-electron chi connectivity index (χ0n) is 14.9. The first kappa shape index (κ1) is 17.0. The van der Waals surface area contributed by atoms with Crippen molar-refractivity contribution in [3.63, 3.8) is 0 Å². The van der Waals surface area contributed by atoms with Crippen LogP contribution in [0.5, 0.6) is 0 Å². The molecule has 3 heteroatoms. The molecule has 0 aliphatic carbocycles. The zero-order chi connectivity index (χ0) is 18.5. The first-order valence-corrected chi connectivity index (χ1v) is 9.03. The third kappa shape index (κ3) is 3.87. The van der Waals surface area contributed by atoms with E-state index in [0.29, 0.717) is 5.56 Å². The van der Waals surface area contributed by atoms with E-state index in [2.05, 4.69) is 53.6 Å². The molecule has 0 fully saturated rings. The Bertz CT molecular complexity index is 960. The number of aldehydes is 1. The molecule has 0 unspecified atom stereocenters. The molecule has 4 rings (SSSR count). The summed E-state index contributed by atoms with van der Waals surface area (Å²) in [5.41, 5.74) is 5.07. The molecule has 132 valence electrons. The van der Waals surface area contributed by atoms with Crippen LogP contribution in [-0.4, -0.2) is 12.0 Å². The number of rotatable bonds is 5. The molecule has 0 bridgehead atoms. The molecule has 1 atom stereocenters. The van der Waals surface area contributed by atoms with Crippen LogP contribution in [0.4, 0.5) is 5.69 Å². The summed E-state index contributed by atoms with van der Waals surface area (Å²) >= 11 is 0. The Labute approximate surface area is 159 Å². The smallest absolute Gasteiger partial charge is 0.150 e. The van der Waals surface area contributed by atoms with Gasteiger partial charge in [-0.1, -0.05) is 66.7 Å². The van der Waals surface area contributed by atoms with Gasteiger partial charge in [-0.05, 0) is 41.5 Å². The average molecular weight is 352 g/mol. The fourth-order valence-electron chi connectivity index (χ4n) is 3.27. The molecule has 0 aromatic heterocycles. The third-order valence-electron chi connectivity index (χ3n) is 4.68. The van der Waals surface area contributed by atoms with Gasteiger partial charge in [-0.25, -0.2) is 0 Å². The van der Waals surface area contributed by atoms with Crippen molar-refractivity contribution in [1.82, 2.24) is 0 Å². The predicted octanol–water partition coefficient (Wildman–Crippen LogP) is 5.52. The molecule has 1 heterocycles. The van der Waals surface area contributed by atoms with E-state index < -0.39 is 0 Å². The molecule has 27 heavy (non-hydrogen) atoms. The van der Waals surface area contributed by atoms with Gasteiger partial charge < -0.3 is 0 Å². The van der Waals surface area contributed by atoms with Gasteiger partial charge >= 0.3 is 0 Å². The standard InChI is InChI=1S/C24H20N2O/c27-18-20-12-15-23(16-13-20)26-24(21-9-5-2-6-10-21)17-22(25-26)14-11-19-7-3-1-4-8-19/h1-16,18,24H,17H2/b14-11-/t24-/m0/s1. The minimum absolute atomic E-state index is 0.142. The van der Waals surface area contributed by atoms with Gasteiger partial charge in [0.05, 0.1) is 17.4 Å². The number of hydrogen-bond acceptors (Lipinski definition) is 3. The van der Waals surface area contributed by atoms with Gasteiger partial charge in [-0.15, -0.1) is 0 Å². The Kier molecular flexibility index (Phi) is 4.93. The van der Waals surface area contributed by atoms with Gasteiger partial charge in [0.25, 0.3) is 0 Å². The lowest BCUT2D eigenvalue weighted by Crippen LogP contribution is -2.18. The number of carbonyl (C=O) groups excluding carboxylic acids is 1. The van der Waals surface area contributed by atoms with E-state index in [9.17, 15) is 4.79 Å². The van der Waals surface area contributed by atoms with Crippen LogP contribution in [0, 0.1) is 0 Å². The van der Waals surface area contributed by atoms with Crippen LogP contribution in [0.1, 0.15) is 33.9 Å². The number of allylic oxidation sites excluding steroid dienone is 1. The summed E-state index contributed by atoms with van der Waals surface area (Å²) in [5.74, 6) is 0. The Balaban J connectivity index is 1.65. The fourth-order valence-corrected chi connectivity index (χ4v) is 3.27.